The zero-order valence-corrected chi connectivity index (χ0v) is 20.9. The molecular formula is C28H30N8. The van der Waals surface area contributed by atoms with Crippen LogP contribution in [0.25, 0.3) is 22.4 Å². The molecule has 0 unspecified atom stereocenters. The number of hydrogen-bond acceptors (Lipinski definition) is 5. The maximum Gasteiger partial charge on any atom is 0.130 e. The number of rotatable bonds is 6. The average molecular weight is 479 g/mol. The van der Waals surface area contributed by atoms with Crippen molar-refractivity contribution < 1.29 is 0 Å². The smallest absolute Gasteiger partial charge is 0.130 e. The molecule has 0 amide bonds. The second-order valence-corrected chi connectivity index (χ2v) is 9.81. The van der Waals surface area contributed by atoms with E-state index in [0.717, 1.165) is 28.1 Å². The molecule has 36 heavy (non-hydrogen) atoms. The summed E-state index contributed by atoms with van der Waals surface area (Å²) >= 11 is 0. The Morgan fingerprint density at radius 3 is 2.58 bits per heavy atom. The first-order valence-corrected chi connectivity index (χ1v) is 12.0. The SMILES string of the molecule is C=C(C)N1CC(CC#N)(n2ccc(-c3cc4c(ccc(=N)n4C(C)=N)n3Cc3cccc(C)c3)n2)C1. The van der Waals surface area contributed by atoms with Gasteiger partial charge < -0.3 is 9.47 Å². The van der Waals surface area contributed by atoms with E-state index in [1.807, 2.05) is 36.0 Å². The van der Waals surface area contributed by atoms with Gasteiger partial charge in [-0.15, -0.1) is 0 Å². The summed E-state index contributed by atoms with van der Waals surface area (Å²) in [5.41, 5.74) is 6.69. The average Bonchev–Trinajstić information content (AvgIpc) is 3.41. The molecule has 3 aromatic heterocycles. The molecule has 0 spiro atoms. The van der Waals surface area contributed by atoms with Gasteiger partial charge >= 0.3 is 0 Å². The second-order valence-electron chi connectivity index (χ2n) is 9.81. The second kappa shape index (κ2) is 8.68. The summed E-state index contributed by atoms with van der Waals surface area (Å²) in [6.07, 6.45) is 2.34. The van der Waals surface area contributed by atoms with E-state index >= 15 is 0 Å². The van der Waals surface area contributed by atoms with Crippen molar-refractivity contribution in [1.82, 2.24) is 23.8 Å². The molecule has 8 heteroatoms. The standard InChI is InChI=1S/C28H30N8/c1-19(2)33-17-28(18-33,11-12-29)35-13-10-23(32-35)25-15-26-24(8-9-27(31)36(26)21(4)30)34(25)16-22-7-5-6-20(3)14-22/h5-10,13-15,30-31H,1,11,16-18H2,2-4H3. The quantitative estimate of drug-likeness (QED) is 0.316. The van der Waals surface area contributed by atoms with Gasteiger partial charge in [0.2, 0.25) is 0 Å². The molecule has 1 saturated heterocycles. The summed E-state index contributed by atoms with van der Waals surface area (Å²) in [6.45, 7) is 11.8. The highest BCUT2D eigenvalue weighted by Gasteiger charge is 2.45. The molecule has 2 N–H and O–H groups in total. The van der Waals surface area contributed by atoms with Gasteiger partial charge in [0.1, 0.15) is 22.6 Å². The lowest BCUT2D eigenvalue weighted by atomic mass is 9.86. The molecule has 0 aliphatic carbocycles. The topological polar surface area (TPSA) is 102 Å². The van der Waals surface area contributed by atoms with Crippen molar-refractivity contribution in [3.8, 4) is 17.5 Å². The summed E-state index contributed by atoms with van der Waals surface area (Å²) in [7, 11) is 0. The number of nitrogens with one attached hydrogen (secondary N) is 2. The summed E-state index contributed by atoms with van der Waals surface area (Å²) in [5, 5.41) is 31.2. The number of allylic oxidation sites excluding steroid dienone is 1. The van der Waals surface area contributed by atoms with E-state index in [1.54, 1.807) is 17.6 Å². The van der Waals surface area contributed by atoms with Gasteiger partial charge in [-0.2, -0.15) is 10.4 Å². The van der Waals surface area contributed by atoms with Crippen LogP contribution in [-0.2, 0) is 12.1 Å². The molecule has 0 saturated carbocycles. The van der Waals surface area contributed by atoms with Gasteiger partial charge in [0.15, 0.2) is 0 Å². The zero-order chi connectivity index (χ0) is 25.6. The third-order valence-electron chi connectivity index (χ3n) is 7.01. The summed E-state index contributed by atoms with van der Waals surface area (Å²) in [6, 6.07) is 18.5. The number of likely N-dealkylation sites (tertiary alicyclic amines) is 1. The van der Waals surface area contributed by atoms with E-state index in [9.17, 15) is 5.26 Å². The molecule has 1 aromatic carbocycles. The first-order valence-electron chi connectivity index (χ1n) is 12.0. The first kappa shape index (κ1) is 23.4. The van der Waals surface area contributed by atoms with Crippen molar-refractivity contribution in [2.24, 2.45) is 0 Å². The minimum Gasteiger partial charge on any atom is -0.370 e. The van der Waals surface area contributed by atoms with Gasteiger partial charge in [-0.3, -0.25) is 20.1 Å². The molecular weight excluding hydrogens is 448 g/mol. The lowest BCUT2D eigenvalue weighted by Gasteiger charge is -2.50. The fourth-order valence-corrected chi connectivity index (χ4v) is 5.15. The van der Waals surface area contributed by atoms with Crippen LogP contribution < -0.4 is 5.49 Å². The van der Waals surface area contributed by atoms with Gasteiger partial charge in [0.05, 0.1) is 29.2 Å². The molecule has 4 heterocycles. The van der Waals surface area contributed by atoms with Gasteiger partial charge in [-0.1, -0.05) is 36.4 Å². The summed E-state index contributed by atoms with van der Waals surface area (Å²) in [4.78, 5) is 2.17. The van der Waals surface area contributed by atoms with Crippen LogP contribution in [-0.4, -0.2) is 42.7 Å². The minimum atomic E-state index is -0.376. The Morgan fingerprint density at radius 1 is 1.14 bits per heavy atom. The third kappa shape index (κ3) is 3.83. The van der Waals surface area contributed by atoms with Gasteiger partial charge in [0, 0.05) is 31.5 Å². The largest absolute Gasteiger partial charge is 0.370 e. The van der Waals surface area contributed by atoms with Crippen molar-refractivity contribution in [2.45, 2.75) is 39.3 Å². The van der Waals surface area contributed by atoms with E-state index in [-0.39, 0.29) is 16.9 Å². The van der Waals surface area contributed by atoms with Crippen LogP contribution in [0.2, 0.25) is 0 Å². The first-order chi connectivity index (χ1) is 17.2. The highest BCUT2D eigenvalue weighted by Crippen LogP contribution is 2.36. The molecule has 1 fully saturated rings. The van der Waals surface area contributed by atoms with Gasteiger partial charge in [-0.25, -0.2) is 0 Å². The van der Waals surface area contributed by atoms with Crippen LogP contribution in [0.1, 0.15) is 31.4 Å². The number of nitriles is 1. The lowest BCUT2D eigenvalue weighted by Crippen LogP contribution is -2.61. The van der Waals surface area contributed by atoms with Crippen LogP contribution in [0, 0.1) is 29.1 Å². The molecule has 1 aliphatic rings. The van der Waals surface area contributed by atoms with E-state index in [0.29, 0.717) is 26.1 Å². The van der Waals surface area contributed by atoms with Crippen LogP contribution in [0.15, 0.2) is 67.0 Å². The number of fused-ring (bicyclic) bond motifs is 1. The van der Waals surface area contributed by atoms with Crippen LogP contribution >= 0.6 is 0 Å². The number of nitrogens with zero attached hydrogens (tertiary/aromatic N) is 6. The van der Waals surface area contributed by atoms with E-state index in [1.165, 1.54) is 11.1 Å². The Morgan fingerprint density at radius 2 is 1.92 bits per heavy atom. The van der Waals surface area contributed by atoms with Gasteiger partial charge in [-0.05, 0) is 50.6 Å². The monoisotopic (exact) mass is 478 g/mol. The van der Waals surface area contributed by atoms with Crippen molar-refractivity contribution in [2.75, 3.05) is 13.1 Å². The Kier molecular flexibility index (Phi) is 5.64. The zero-order valence-electron chi connectivity index (χ0n) is 20.9. The highest BCUT2D eigenvalue weighted by molar-refractivity contribution is 5.93. The molecule has 1 aliphatic heterocycles. The molecule has 0 bridgehead atoms. The normalized spacial score (nSPS) is 14.4. The third-order valence-corrected chi connectivity index (χ3v) is 7.01. The lowest BCUT2D eigenvalue weighted by molar-refractivity contribution is 0.0336. The Bertz CT molecular complexity index is 1600. The molecule has 0 radical (unpaired) electrons. The molecule has 182 valence electrons. The van der Waals surface area contributed by atoms with Crippen molar-refractivity contribution >= 4 is 16.9 Å². The molecule has 5 rings (SSSR count). The molecule has 8 nitrogen and oxygen atoms in total. The number of benzene rings is 1. The predicted molar refractivity (Wildman–Crippen MR) is 141 cm³/mol. The Hall–Kier alpha value is -4.38. The van der Waals surface area contributed by atoms with Crippen LogP contribution in [0.5, 0.6) is 0 Å². The Labute approximate surface area is 210 Å². The van der Waals surface area contributed by atoms with Gasteiger partial charge in [0.25, 0.3) is 0 Å². The van der Waals surface area contributed by atoms with E-state index in [4.69, 9.17) is 15.9 Å². The number of aryl methyl sites for hydroxylation is 1. The molecule has 0 atom stereocenters. The maximum atomic E-state index is 9.53. The van der Waals surface area contributed by atoms with Crippen LogP contribution in [0.4, 0.5) is 0 Å². The van der Waals surface area contributed by atoms with E-state index < -0.39 is 0 Å². The maximum absolute atomic E-state index is 9.53. The fraction of sp³-hybridized carbons (Fsp3) is 0.286. The van der Waals surface area contributed by atoms with Crippen molar-refractivity contribution in [3.05, 3.63) is 83.6 Å². The number of aromatic nitrogens is 4. The summed E-state index contributed by atoms with van der Waals surface area (Å²) in [5.74, 6) is 0.290. The fourth-order valence-electron chi connectivity index (χ4n) is 5.15. The minimum absolute atomic E-state index is 0.266. The number of pyridine rings is 1. The Balaban J connectivity index is 1.65. The van der Waals surface area contributed by atoms with Crippen LogP contribution in [0.3, 0.4) is 0 Å². The van der Waals surface area contributed by atoms with E-state index in [2.05, 4.69) is 53.3 Å². The highest BCUT2D eigenvalue weighted by atomic mass is 15.4. The van der Waals surface area contributed by atoms with Crippen molar-refractivity contribution in [3.63, 3.8) is 0 Å². The predicted octanol–water partition coefficient (Wildman–Crippen LogP) is 4.45. The van der Waals surface area contributed by atoms with Crippen molar-refractivity contribution in [1.29, 1.82) is 16.1 Å². The summed E-state index contributed by atoms with van der Waals surface area (Å²) < 4.78 is 5.79. The number of hydrogen-bond donors (Lipinski definition) is 2. The molecule has 4 aromatic rings.